The van der Waals surface area contributed by atoms with Gasteiger partial charge in [0, 0.05) is 19.9 Å². The summed E-state index contributed by atoms with van der Waals surface area (Å²) >= 11 is 0. The second-order valence-electron chi connectivity index (χ2n) is 3.99. The lowest BCUT2D eigenvalue weighted by molar-refractivity contribution is -0.143. The monoisotopic (exact) mass is 270 g/mol. The number of carboxylic acids is 1. The zero-order valence-corrected chi connectivity index (χ0v) is 10.3. The Morgan fingerprint density at radius 1 is 1.37 bits per heavy atom. The number of carbonyl (C=O) groups is 4. The Kier molecular flexibility index (Phi) is 4.56. The molecule has 9 heteroatoms. The molecule has 3 N–H and O–H groups in total. The Labute approximate surface area is 108 Å². The van der Waals surface area contributed by atoms with Crippen LogP contribution in [0.3, 0.4) is 0 Å². The molecule has 1 aliphatic rings. The smallest absolute Gasteiger partial charge is 0.323 e. The molecule has 0 aromatic rings. The van der Waals surface area contributed by atoms with Gasteiger partial charge in [-0.25, -0.2) is 5.01 Å². The van der Waals surface area contributed by atoms with Crippen molar-refractivity contribution < 1.29 is 24.3 Å². The summed E-state index contributed by atoms with van der Waals surface area (Å²) in [5.74, 6) is -3.04. The van der Waals surface area contributed by atoms with Crippen molar-refractivity contribution in [1.29, 1.82) is 0 Å². The molecule has 19 heavy (non-hydrogen) atoms. The number of rotatable bonds is 5. The van der Waals surface area contributed by atoms with Crippen molar-refractivity contribution in [2.45, 2.75) is 12.8 Å². The summed E-state index contributed by atoms with van der Waals surface area (Å²) in [4.78, 5) is 45.5. The Hall–Kier alpha value is -2.45. The van der Waals surface area contributed by atoms with Crippen molar-refractivity contribution in [2.75, 3.05) is 20.1 Å². The number of hydrogen-bond donors (Lipinski definition) is 2. The lowest BCUT2D eigenvalue weighted by Crippen LogP contribution is -2.46. The fraction of sp³-hybridized carbons (Fsp3) is 0.500. The van der Waals surface area contributed by atoms with Crippen LogP contribution in [0.15, 0.2) is 5.10 Å². The van der Waals surface area contributed by atoms with E-state index in [1.807, 2.05) is 0 Å². The standard InChI is InChI=1S/C10H14N4O5/c1-13-8(16)3-2-6(12-13)10(19)14(4-7(11)15)5-9(17)18/h2-5H2,1H3,(H2,11,15)(H,17,18). The molecule has 0 spiro atoms. The van der Waals surface area contributed by atoms with Crippen molar-refractivity contribution in [2.24, 2.45) is 10.8 Å². The first-order valence-electron chi connectivity index (χ1n) is 5.44. The molecule has 9 nitrogen and oxygen atoms in total. The van der Waals surface area contributed by atoms with Crippen molar-refractivity contribution >= 4 is 29.4 Å². The highest BCUT2D eigenvalue weighted by Gasteiger charge is 2.27. The highest BCUT2D eigenvalue weighted by atomic mass is 16.4. The molecule has 0 fully saturated rings. The first-order valence-corrected chi connectivity index (χ1v) is 5.44. The van der Waals surface area contributed by atoms with Gasteiger partial charge in [-0.1, -0.05) is 0 Å². The third-order valence-corrected chi connectivity index (χ3v) is 2.41. The number of aliphatic carboxylic acids is 1. The Bertz CT molecular complexity index is 443. The lowest BCUT2D eigenvalue weighted by atomic mass is 10.1. The van der Waals surface area contributed by atoms with Crippen LogP contribution in [-0.4, -0.2) is 64.6 Å². The van der Waals surface area contributed by atoms with Crippen LogP contribution in [0, 0.1) is 0 Å². The first-order chi connectivity index (χ1) is 8.81. The number of carboxylic acid groups (broad SMARTS) is 1. The van der Waals surface area contributed by atoms with E-state index in [1.165, 1.54) is 7.05 Å². The van der Waals surface area contributed by atoms with Crippen molar-refractivity contribution in [3.63, 3.8) is 0 Å². The van der Waals surface area contributed by atoms with Gasteiger partial charge in [0.1, 0.15) is 18.8 Å². The highest BCUT2D eigenvalue weighted by Crippen LogP contribution is 2.09. The summed E-state index contributed by atoms with van der Waals surface area (Å²) in [5.41, 5.74) is 4.99. The first kappa shape index (κ1) is 14.6. The average Bonchev–Trinajstić information content (AvgIpc) is 2.29. The topological polar surface area (TPSA) is 133 Å². The van der Waals surface area contributed by atoms with Crippen LogP contribution < -0.4 is 5.73 Å². The fourth-order valence-corrected chi connectivity index (χ4v) is 1.56. The Morgan fingerprint density at radius 2 is 2.00 bits per heavy atom. The minimum absolute atomic E-state index is 0.0320. The summed E-state index contributed by atoms with van der Waals surface area (Å²) in [6, 6.07) is 0. The molecule has 0 aromatic carbocycles. The van der Waals surface area contributed by atoms with Gasteiger partial charge in [0.15, 0.2) is 0 Å². The molecular formula is C10H14N4O5. The van der Waals surface area contributed by atoms with E-state index in [1.54, 1.807) is 0 Å². The van der Waals surface area contributed by atoms with Gasteiger partial charge in [-0.2, -0.15) is 5.10 Å². The van der Waals surface area contributed by atoms with Gasteiger partial charge in [-0.05, 0) is 0 Å². The summed E-state index contributed by atoms with van der Waals surface area (Å²) in [6.45, 7) is -1.17. The second kappa shape index (κ2) is 5.94. The third-order valence-electron chi connectivity index (χ3n) is 2.41. The van der Waals surface area contributed by atoms with Crippen molar-refractivity contribution in [1.82, 2.24) is 9.91 Å². The number of hydrogen-bond acceptors (Lipinski definition) is 5. The summed E-state index contributed by atoms with van der Waals surface area (Å²) in [7, 11) is 1.39. The molecular weight excluding hydrogens is 256 g/mol. The number of primary amides is 1. The van der Waals surface area contributed by atoms with Crippen LogP contribution in [0.1, 0.15) is 12.8 Å². The molecule has 1 heterocycles. The molecule has 0 unspecified atom stereocenters. The van der Waals surface area contributed by atoms with Gasteiger partial charge >= 0.3 is 5.97 Å². The van der Waals surface area contributed by atoms with E-state index >= 15 is 0 Å². The predicted molar refractivity (Wildman–Crippen MR) is 62.8 cm³/mol. The Balaban J connectivity index is 2.87. The maximum atomic E-state index is 12.0. The normalized spacial score (nSPS) is 14.9. The number of nitrogens with two attached hydrogens (primary N) is 1. The van der Waals surface area contributed by atoms with Crippen LogP contribution >= 0.6 is 0 Å². The zero-order valence-electron chi connectivity index (χ0n) is 10.3. The summed E-state index contributed by atoms with van der Waals surface area (Å²) < 4.78 is 0. The summed E-state index contributed by atoms with van der Waals surface area (Å²) in [6.07, 6.45) is 0.218. The zero-order chi connectivity index (χ0) is 14.6. The number of nitrogens with zero attached hydrogens (tertiary/aromatic N) is 3. The summed E-state index contributed by atoms with van der Waals surface area (Å²) in [5, 5.41) is 13.5. The molecule has 0 aromatic heterocycles. The Morgan fingerprint density at radius 3 is 2.47 bits per heavy atom. The van der Waals surface area contributed by atoms with E-state index in [0.29, 0.717) is 0 Å². The number of carbonyl (C=O) groups excluding carboxylic acids is 3. The maximum Gasteiger partial charge on any atom is 0.323 e. The van der Waals surface area contributed by atoms with E-state index in [0.717, 1.165) is 9.91 Å². The van der Waals surface area contributed by atoms with E-state index in [2.05, 4.69) is 5.10 Å². The molecule has 0 saturated heterocycles. The van der Waals surface area contributed by atoms with Crippen LogP contribution in [0.5, 0.6) is 0 Å². The van der Waals surface area contributed by atoms with Crippen molar-refractivity contribution in [3.8, 4) is 0 Å². The van der Waals surface area contributed by atoms with E-state index < -0.39 is 30.9 Å². The molecule has 0 bridgehead atoms. The van der Waals surface area contributed by atoms with Gasteiger partial charge in [0.2, 0.25) is 11.8 Å². The van der Waals surface area contributed by atoms with Crippen LogP contribution in [-0.2, 0) is 19.2 Å². The van der Waals surface area contributed by atoms with Gasteiger partial charge in [0.25, 0.3) is 5.91 Å². The minimum Gasteiger partial charge on any atom is -0.480 e. The molecule has 3 amide bonds. The van der Waals surface area contributed by atoms with E-state index in [-0.39, 0.29) is 24.5 Å². The van der Waals surface area contributed by atoms with Gasteiger partial charge in [0.05, 0.1) is 0 Å². The molecule has 0 atom stereocenters. The van der Waals surface area contributed by atoms with Gasteiger partial charge in [-0.3, -0.25) is 19.2 Å². The minimum atomic E-state index is -1.27. The molecule has 1 aliphatic heterocycles. The number of amides is 3. The van der Waals surface area contributed by atoms with Gasteiger partial charge in [-0.15, -0.1) is 0 Å². The van der Waals surface area contributed by atoms with E-state index in [4.69, 9.17) is 10.8 Å². The molecule has 0 saturated carbocycles. The fourth-order valence-electron chi connectivity index (χ4n) is 1.56. The second-order valence-corrected chi connectivity index (χ2v) is 3.99. The lowest BCUT2D eigenvalue weighted by Gasteiger charge is -2.23. The van der Waals surface area contributed by atoms with E-state index in [9.17, 15) is 19.2 Å². The van der Waals surface area contributed by atoms with Crippen LogP contribution in [0.4, 0.5) is 0 Å². The largest absolute Gasteiger partial charge is 0.480 e. The highest BCUT2D eigenvalue weighted by molar-refractivity contribution is 6.39. The molecule has 1 rings (SSSR count). The predicted octanol–water partition coefficient (Wildman–Crippen LogP) is -2.01. The van der Waals surface area contributed by atoms with Gasteiger partial charge < -0.3 is 15.7 Å². The molecule has 0 radical (unpaired) electrons. The van der Waals surface area contributed by atoms with Crippen LogP contribution in [0.2, 0.25) is 0 Å². The maximum absolute atomic E-state index is 12.0. The van der Waals surface area contributed by atoms with Crippen molar-refractivity contribution in [3.05, 3.63) is 0 Å². The quantitative estimate of drug-likeness (QED) is 0.595. The average molecular weight is 270 g/mol. The SMILES string of the molecule is CN1N=C(C(=O)N(CC(N)=O)CC(=O)O)CCC1=O. The number of hydrazone groups is 1. The third kappa shape index (κ3) is 4.05. The molecule has 0 aliphatic carbocycles. The van der Waals surface area contributed by atoms with Crippen LogP contribution in [0.25, 0.3) is 0 Å². The molecule has 104 valence electrons.